The van der Waals surface area contributed by atoms with Gasteiger partial charge in [0.25, 0.3) is 0 Å². The van der Waals surface area contributed by atoms with Crippen molar-refractivity contribution in [3.8, 4) is 0 Å². The first-order valence-corrected chi connectivity index (χ1v) is 7.36. The van der Waals surface area contributed by atoms with Crippen molar-refractivity contribution >= 4 is 23.4 Å². The van der Waals surface area contributed by atoms with E-state index in [-0.39, 0.29) is 11.3 Å². The van der Waals surface area contributed by atoms with E-state index in [4.69, 9.17) is 0 Å². The average molecular weight is 269 g/mol. The molecule has 3 rings (SSSR count). The molecule has 96 valence electrons. The number of nitrogens with zero attached hydrogens (tertiary/aromatic N) is 1. The third kappa shape index (κ3) is 2.38. The molecular formula is C16H15NOS. The Balaban J connectivity index is 1.97. The molecule has 1 atom stereocenters. The molecule has 2 aromatic carbocycles. The van der Waals surface area contributed by atoms with Gasteiger partial charge in [0.15, 0.2) is 0 Å². The topological polar surface area (TPSA) is 20.3 Å². The van der Waals surface area contributed by atoms with E-state index in [0.717, 1.165) is 5.69 Å². The molecule has 3 heteroatoms. The Morgan fingerprint density at radius 2 is 1.74 bits per heavy atom. The Kier molecular flexibility index (Phi) is 3.30. The largest absolute Gasteiger partial charge is 0.295 e. The Hall–Kier alpha value is -1.74. The monoisotopic (exact) mass is 269 g/mol. The van der Waals surface area contributed by atoms with Crippen LogP contribution in [0, 0.1) is 6.92 Å². The highest BCUT2D eigenvalue weighted by molar-refractivity contribution is 8.00. The van der Waals surface area contributed by atoms with Crippen molar-refractivity contribution in [1.82, 2.24) is 0 Å². The molecular weight excluding hydrogens is 254 g/mol. The van der Waals surface area contributed by atoms with Crippen molar-refractivity contribution in [3.63, 3.8) is 0 Å². The number of benzene rings is 2. The summed E-state index contributed by atoms with van der Waals surface area (Å²) in [6.07, 6.45) is 0. The van der Waals surface area contributed by atoms with Crippen molar-refractivity contribution in [2.24, 2.45) is 0 Å². The van der Waals surface area contributed by atoms with Crippen LogP contribution in [0.5, 0.6) is 0 Å². The third-order valence-corrected chi connectivity index (χ3v) is 4.48. The summed E-state index contributed by atoms with van der Waals surface area (Å²) in [5.41, 5.74) is 3.37. The second-order valence-corrected chi connectivity index (χ2v) is 5.74. The van der Waals surface area contributed by atoms with Gasteiger partial charge in [-0.25, -0.2) is 0 Å². The van der Waals surface area contributed by atoms with E-state index in [2.05, 4.69) is 19.1 Å². The first-order valence-electron chi connectivity index (χ1n) is 6.31. The fourth-order valence-electron chi connectivity index (χ4n) is 2.27. The van der Waals surface area contributed by atoms with Crippen LogP contribution in [0.1, 0.15) is 16.5 Å². The van der Waals surface area contributed by atoms with Crippen molar-refractivity contribution in [3.05, 3.63) is 65.7 Å². The molecule has 2 nitrogen and oxygen atoms in total. The number of anilines is 1. The Morgan fingerprint density at radius 3 is 2.42 bits per heavy atom. The van der Waals surface area contributed by atoms with E-state index in [1.807, 2.05) is 47.4 Å². The van der Waals surface area contributed by atoms with Crippen LogP contribution in [0.3, 0.4) is 0 Å². The molecule has 0 saturated carbocycles. The summed E-state index contributed by atoms with van der Waals surface area (Å²) >= 11 is 1.69. The molecule has 0 N–H and O–H groups in total. The quantitative estimate of drug-likeness (QED) is 0.827. The van der Waals surface area contributed by atoms with Crippen molar-refractivity contribution in [2.45, 2.75) is 12.3 Å². The minimum absolute atomic E-state index is 0.0939. The molecule has 19 heavy (non-hydrogen) atoms. The summed E-state index contributed by atoms with van der Waals surface area (Å²) in [5, 5.41) is 0.0939. The van der Waals surface area contributed by atoms with Gasteiger partial charge in [0.1, 0.15) is 5.37 Å². The average Bonchev–Trinajstić information content (AvgIpc) is 2.83. The molecule has 1 saturated heterocycles. The van der Waals surface area contributed by atoms with Crippen LogP contribution in [0.2, 0.25) is 0 Å². The predicted octanol–water partition coefficient (Wildman–Crippen LogP) is 3.77. The lowest BCUT2D eigenvalue weighted by Crippen LogP contribution is -2.27. The molecule has 0 aromatic heterocycles. The van der Waals surface area contributed by atoms with Crippen molar-refractivity contribution in [2.75, 3.05) is 10.7 Å². The maximum atomic E-state index is 12.1. The minimum Gasteiger partial charge on any atom is -0.295 e. The number of aryl methyl sites for hydroxylation is 1. The van der Waals surface area contributed by atoms with E-state index < -0.39 is 0 Å². The molecule has 0 radical (unpaired) electrons. The molecule has 2 aromatic rings. The van der Waals surface area contributed by atoms with Crippen LogP contribution in [-0.2, 0) is 4.79 Å². The van der Waals surface area contributed by atoms with Crippen molar-refractivity contribution in [1.29, 1.82) is 0 Å². The van der Waals surface area contributed by atoms with Crippen LogP contribution in [0.25, 0.3) is 0 Å². The van der Waals surface area contributed by atoms with E-state index >= 15 is 0 Å². The van der Waals surface area contributed by atoms with Gasteiger partial charge in [-0.05, 0) is 24.6 Å². The lowest BCUT2D eigenvalue weighted by atomic mass is 10.1. The van der Waals surface area contributed by atoms with Gasteiger partial charge in [0, 0.05) is 5.69 Å². The smallest absolute Gasteiger partial charge is 0.238 e. The summed E-state index contributed by atoms with van der Waals surface area (Å²) in [6.45, 7) is 2.05. The van der Waals surface area contributed by atoms with Gasteiger partial charge in [-0.15, -0.1) is 11.8 Å². The lowest BCUT2D eigenvalue weighted by molar-refractivity contribution is -0.115. The van der Waals surface area contributed by atoms with Gasteiger partial charge < -0.3 is 0 Å². The molecule has 1 heterocycles. The van der Waals surface area contributed by atoms with Crippen molar-refractivity contribution < 1.29 is 4.79 Å². The number of carbonyl (C=O) groups excluding carboxylic acids is 1. The summed E-state index contributed by atoms with van der Waals surface area (Å²) < 4.78 is 0. The summed E-state index contributed by atoms with van der Waals surface area (Å²) in [7, 11) is 0. The number of rotatable bonds is 2. The zero-order valence-corrected chi connectivity index (χ0v) is 11.6. The maximum Gasteiger partial charge on any atom is 0.238 e. The normalized spacial score (nSPS) is 18.9. The zero-order chi connectivity index (χ0) is 13.2. The number of hydrogen-bond acceptors (Lipinski definition) is 2. The summed E-state index contributed by atoms with van der Waals surface area (Å²) in [5.74, 6) is 0.732. The van der Waals surface area contributed by atoms with Gasteiger partial charge >= 0.3 is 0 Å². The second kappa shape index (κ2) is 5.10. The SMILES string of the molecule is Cc1ccc(N2C(=O)CSC2c2ccccc2)cc1. The molecule has 1 amide bonds. The Morgan fingerprint density at radius 1 is 1.05 bits per heavy atom. The highest BCUT2D eigenvalue weighted by atomic mass is 32.2. The van der Waals surface area contributed by atoms with E-state index in [1.165, 1.54) is 11.1 Å². The fourth-order valence-corrected chi connectivity index (χ4v) is 3.45. The van der Waals surface area contributed by atoms with Gasteiger partial charge in [0.05, 0.1) is 5.75 Å². The fraction of sp³-hybridized carbons (Fsp3) is 0.188. The predicted molar refractivity (Wildman–Crippen MR) is 80.3 cm³/mol. The van der Waals surface area contributed by atoms with Gasteiger partial charge in [0.2, 0.25) is 5.91 Å². The third-order valence-electron chi connectivity index (χ3n) is 3.26. The molecule has 1 fully saturated rings. The van der Waals surface area contributed by atoms with E-state index in [9.17, 15) is 4.79 Å². The van der Waals surface area contributed by atoms with Crippen LogP contribution < -0.4 is 4.90 Å². The van der Waals surface area contributed by atoms with Gasteiger partial charge in [-0.2, -0.15) is 0 Å². The number of amides is 1. The molecule has 0 aliphatic carbocycles. The lowest BCUT2D eigenvalue weighted by Gasteiger charge is -2.24. The Bertz CT molecular complexity index is 579. The number of hydrogen-bond donors (Lipinski definition) is 0. The molecule has 1 aliphatic rings. The molecule has 1 aliphatic heterocycles. The van der Waals surface area contributed by atoms with Crippen LogP contribution in [0.4, 0.5) is 5.69 Å². The molecule has 1 unspecified atom stereocenters. The van der Waals surface area contributed by atoms with E-state index in [1.54, 1.807) is 11.8 Å². The van der Waals surface area contributed by atoms with Gasteiger partial charge in [-0.3, -0.25) is 9.69 Å². The molecule has 0 spiro atoms. The first-order chi connectivity index (χ1) is 9.25. The Labute approximate surface area is 117 Å². The standard InChI is InChI=1S/C16H15NOS/c1-12-7-9-14(10-8-12)17-15(18)11-19-16(17)13-5-3-2-4-6-13/h2-10,16H,11H2,1H3. The summed E-state index contributed by atoms with van der Waals surface area (Å²) in [6, 6.07) is 18.3. The number of thioether (sulfide) groups is 1. The second-order valence-electron chi connectivity index (χ2n) is 4.67. The number of carbonyl (C=O) groups is 1. The minimum atomic E-state index is 0.0939. The van der Waals surface area contributed by atoms with Crippen LogP contribution >= 0.6 is 11.8 Å². The van der Waals surface area contributed by atoms with E-state index in [0.29, 0.717) is 5.75 Å². The van der Waals surface area contributed by atoms with Crippen LogP contribution in [-0.4, -0.2) is 11.7 Å². The zero-order valence-electron chi connectivity index (χ0n) is 10.7. The van der Waals surface area contributed by atoms with Gasteiger partial charge in [-0.1, -0.05) is 48.0 Å². The first kappa shape index (κ1) is 12.3. The van der Waals surface area contributed by atoms with Crippen LogP contribution in [0.15, 0.2) is 54.6 Å². The maximum absolute atomic E-state index is 12.1. The highest BCUT2D eigenvalue weighted by Crippen LogP contribution is 2.41. The highest BCUT2D eigenvalue weighted by Gasteiger charge is 2.33. The molecule has 0 bridgehead atoms. The summed E-state index contributed by atoms with van der Waals surface area (Å²) in [4.78, 5) is 14.1.